The SMILES string of the molecule is [Pt+2].[c-]1ccccc1-n1cc(-c2ccccc2)c(CCc2nn(-c3[c-]cccc3)cc2-c2ccccc2)n1. The van der Waals surface area contributed by atoms with Crippen LogP contribution in [0.25, 0.3) is 33.6 Å². The number of hydrogen-bond acceptors (Lipinski definition) is 2. The van der Waals surface area contributed by atoms with E-state index in [-0.39, 0.29) is 21.1 Å². The van der Waals surface area contributed by atoms with Crippen molar-refractivity contribution < 1.29 is 21.1 Å². The summed E-state index contributed by atoms with van der Waals surface area (Å²) >= 11 is 0. The van der Waals surface area contributed by atoms with Gasteiger partial charge in [-0.05, 0) is 35.3 Å². The molecule has 0 aliphatic rings. The average Bonchev–Trinajstić information content (AvgIpc) is 3.59. The van der Waals surface area contributed by atoms with E-state index in [2.05, 4.69) is 73.1 Å². The van der Waals surface area contributed by atoms with Crippen LogP contribution in [0.5, 0.6) is 0 Å². The Hall–Kier alpha value is -4.01. The third-order valence-electron chi connectivity index (χ3n) is 6.23. The molecule has 2 aromatic heterocycles. The molecule has 0 saturated carbocycles. The van der Waals surface area contributed by atoms with Gasteiger partial charge in [-0.3, -0.25) is 9.36 Å². The molecule has 0 atom stereocenters. The smallest absolute Gasteiger partial charge is 0.265 e. The Kier molecular flexibility index (Phi) is 7.58. The van der Waals surface area contributed by atoms with Crippen LogP contribution in [-0.2, 0) is 33.9 Å². The number of aromatic nitrogens is 4. The molecule has 0 amide bonds. The van der Waals surface area contributed by atoms with Crippen molar-refractivity contribution in [1.29, 1.82) is 0 Å². The Bertz CT molecular complexity index is 1440. The van der Waals surface area contributed by atoms with Crippen LogP contribution in [0.2, 0.25) is 0 Å². The summed E-state index contributed by atoms with van der Waals surface area (Å²) in [5, 5.41) is 9.97. The number of nitrogens with zero attached hydrogens (tertiary/aromatic N) is 4. The first kappa shape index (κ1) is 24.7. The molecule has 0 unspecified atom stereocenters. The van der Waals surface area contributed by atoms with Crippen LogP contribution in [0.1, 0.15) is 11.4 Å². The molecule has 2 heterocycles. The Morgan fingerprint density at radius 3 is 1.30 bits per heavy atom. The summed E-state index contributed by atoms with van der Waals surface area (Å²) in [6.45, 7) is 0. The summed E-state index contributed by atoms with van der Waals surface area (Å²) < 4.78 is 3.85. The summed E-state index contributed by atoms with van der Waals surface area (Å²) in [6.07, 6.45) is 5.73. The maximum absolute atomic E-state index is 4.98. The number of rotatable bonds is 7. The van der Waals surface area contributed by atoms with Crippen molar-refractivity contribution in [3.63, 3.8) is 0 Å². The summed E-state index contributed by atoms with van der Waals surface area (Å²) in [6, 6.07) is 43.3. The van der Waals surface area contributed by atoms with Crippen molar-refractivity contribution in [2.24, 2.45) is 0 Å². The minimum atomic E-state index is 0. The van der Waals surface area contributed by atoms with Gasteiger partial charge in [-0.2, -0.15) is 58.7 Å². The molecular formula is C32H24N4Pt. The van der Waals surface area contributed by atoms with E-state index in [0.29, 0.717) is 0 Å². The molecule has 0 bridgehead atoms. The van der Waals surface area contributed by atoms with Crippen molar-refractivity contribution in [3.05, 3.63) is 145 Å². The first-order valence-electron chi connectivity index (χ1n) is 12.1. The standard InChI is InChI=1S/C32H24N4.Pt/c1-5-13-25(14-6-1)29-23-35(27-17-9-3-10-18-27)33-31(29)21-22-32-30(26-15-7-2-8-16-26)24-36(34-32)28-19-11-4-12-20-28;/h1-17,19,23-24H,21-22H2;/q-2;+2. The zero-order valence-corrected chi connectivity index (χ0v) is 22.3. The van der Waals surface area contributed by atoms with Gasteiger partial charge in [0, 0.05) is 23.5 Å². The fourth-order valence-corrected chi connectivity index (χ4v) is 4.44. The van der Waals surface area contributed by atoms with Crippen molar-refractivity contribution in [2.75, 3.05) is 0 Å². The zero-order chi connectivity index (χ0) is 24.2. The number of aryl methyl sites for hydroxylation is 2. The van der Waals surface area contributed by atoms with E-state index in [1.54, 1.807) is 0 Å². The molecule has 0 fully saturated rings. The van der Waals surface area contributed by atoms with Gasteiger partial charge in [0.25, 0.3) is 0 Å². The Labute approximate surface area is 231 Å². The number of benzene rings is 4. The Balaban J connectivity index is 0.00000280. The molecule has 5 heteroatoms. The van der Waals surface area contributed by atoms with Gasteiger partial charge in [0.2, 0.25) is 0 Å². The predicted molar refractivity (Wildman–Crippen MR) is 143 cm³/mol. The van der Waals surface area contributed by atoms with Gasteiger partial charge in [0.1, 0.15) is 0 Å². The average molecular weight is 660 g/mol. The number of para-hydroxylation sites is 2. The second kappa shape index (κ2) is 11.4. The molecule has 4 aromatic carbocycles. The van der Waals surface area contributed by atoms with Gasteiger partial charge >= 0.3 is 21.1 Å². The minimum absolute atomic E-state index is 0. The molecule has 0 saturated heterocycles. The summed E-state index contributed by atoms with van der Waals surface area (Å²) in [4.78, 5) is 0. The largest absolute Gasteiger partial charge is 2.00 e. The van der Waals surface area contributed by atoms with E-state index in [0.717, 1.165) is 57.9 Å². The van der Waals surface area contributed by atoms with E-state index < -0.39 is 0 Å². The first-order valence-corrected chi connectivity index (χ1v) is 12.1. The third-order valence-corrected chi connectivity index (χ3v) is 6.23. The van der Waals surface area contributed by atoms with Crippen molar-refractivity contribution in [1.82, 2.24) is 19.6 Å². The molecule has 6 aromatic rings. The molecule has 182 valence electrons. The van der Waals surface area contributed by atoms with Crippen molar-refractivity contribution in [2.45, 2.75) is 12.8 Å². The van der Waals surface area contributed by atoms with Gasteiger partial charge in [0.05, 0.1) is 11.4 Å². The second-order valence-corrected chi connectivity index (χ2v) is 8.60. The summed E-state index contributed by atoms with van der Waals surface area (Å²) in [7, 11) is 0. The van der Waals surface area contributed by atoms with Crippen LogP contribution in [0.3, 0.4) is 0 Å². The monoisotopic (exact) mass is 659 g/mol. The van der Waals surface area contributed by atoms with E-state index in [9.17, 15) is 0 Å². The van der Waals surface area contributed by atoms with E-state index in [1.807, 2.05) is 70.0 Å². The fraction of sp³-hybridized carbons (Fsp3) is 0.0625. The maximum atomic E-state index is 4.98. The number of hydrogen-bond donors (Lipinski definition) is 0. The van der Waals surface area contributed by atoms with Crippen LogP contribution in [0.4, 0.5) is 0 Å². The molecule has 4 nitrogen and oxygen atoms in total. The maximum Gasteiger partial charge on any atom is 2.00 e. The molecule has 0 N–H and O–H groups in total. The molecule has 6 rings (SSSR count). The zero-order valence-electron chi connectivity index (χ0n) is 20.1. The Morgan fingerprint density at radius 2 is 0.919 bits per heavy atom. The molecule has 37 heavy (non-hydrogen) atoms. The quantitative estimate of drug-likeness (QED) is 0.177. The predicted octanol–water partition coefficient (Wildman–Crippen LogP) is 6.78. The minimum Gasteiger partial charge on any atom is -0.265 e. The molecular weight excluding hydrogens is 635 g/mol. The molecule has 0 radical (unpaired) electrons. The first-order chi connectivity index (χ1) is 17.8. The fourth-order valence-electron chi connectivity index (χ4n) is 4.44. The van der Waals surface area contributed by atoms with Gasteiger partial charge < -0.3 is 0 Å². The van der Waals surface area contributed by atoms with Crippen LogP contribution >= 0.6 is 0 Å². The van der Waals surface area contributed by atoms with Gasteiger partial charge in [-0.15, -0.1) is 12.1 Å². The van der Waals surface area contributed by atoms with Crippen LogP contribution in [0.15, 0.2) is 122 Å². The Morgan fingerprint density at radius 1 is 0.514 bits per heavy atom. The summed E-state index contributed by atoms with van der Waals surface area (Å²) in [5.41, 5.74) is 8.50. The van der Waals surface area contributed by atoms with Gasteiger partial charge in [-0.25, -0.2) is 0 Å². The molecule has 0 spiro atoms. The molecule has 0 aliphatic carbocycles. The van der Waals surface area contributed by atoms with E-state index in [4.69, 9.17) is 10.2 Å². The van der Waals surface area contributed by atoms with Crippen molar-refractivity contribution in [3.8, 4) is 33.6 Å². The topological polar surface area (TPSA) is 35.6 Å². The van der Waals surface area contributed by atoms with Gasteiger partial charge in [0.15, 0.2) is 0 Å². The van der Waals surface area contributed by atoms with E-state index in [1.165, 1.54) is 0 Å². The second-order valence-electron chi connectivity index (χ2n) is 8.60. The van der Waals surface area contributed by atoms with Crippen LogP contribution in [-0.4, -0.2) is 19.6 Å². The normalized spacial score (nSPS) is 10.7. The third kappa shape index (κ3) is 5.40. The summed E-state index contributed by atoms with van der Waals surface area (Å²) in [5.74, 6) is 0. The van der Waals surface area contributed by atoms with Crippen LogP contribution in [0, 0.1) is 12.1 Å². The molecule has 0 aliphatic heterocycles. The van der Waals surface area contributed by atoms with Crippen LogP contribution < -0.4 is 0 Å². The van der Waals surface area contributed by atoms with Crippen molar-refractivity contribution >= 4 is 0 Å². The van der Waals surface area contributed by atoms with Gasteiger partial charge in [-0.1, -0.05) is 60.7 Å². The van der Waals surface area contributed by atoms with E-state index >= 15 is 0 Å².